The lowest BCUT2D eigenvalue weighted by Gasteiger charge is -2.21. The van der Waals surface area contributed by atoms with E-state index in [0.29, 0.717) is 0 Å². The lowest BCUT2D eigenvalue weighted by Crippen LogP contribution is -2.45. The summed E-state index contributed by atoms with van der Waals surface area (Å²) in [5.41, 5.74) is -0.648. The molecule has 0 aliphatic carbocycles. The normalized spacial score (nSPS) is 14.9. The summed E-state index contributed by atoms with van der Waals surface area (Å²) in [7, 11) is 0. The number of amides is 1. The summed E-state index contributed by atoms with van der Waals surface area (Å²) in [5.74, 6) is -1.44. The highest BCUT2D eigenvalue weighted by atomic mass is 16.6. The fourth-order valence-electron chi connectivity index (χ4n) is 1.60. The molecule has 0 fully saturated rings. The zero-order valence-corrected chi connectivity index (χ0v) is 11.3. The molecule has 0 spiro atoms. The smallest absolute Gasteiger partial charge is 0.310 e. The highest BCUT2D eigenvalue weighted by Gasteiger charge is 2.24. The number of phenolic OH excluding ortho intramolecular Hbond substituents is 1. The highest BCUT2D eigenvalue weighted by Crippen LogP contribution is 2.26. The van der Waals surface area contributed by atoms with Crippen LogP contribution in [-0.4, -0.2) is 67.8 Å². The van der Waals surface area contributed by atoms with Crippen molar-refractivity contribution in [2.75, 3.05) is 13.2 Å². The van der Waals surface area contributed by atoms with Crippen molar-refractivity contribution in [1.82, 2.24) is 5.32 Å². The zero-order chi connectivity index (χ0) is 16.9. The number of nitro groups is 1. The van der Waals surface area contributed by atoms with Gasteiger partial charge in [0, 0.05) is 18.2 Å². The van der Waals surface area contributed by atoms with Crippen LogP contribution in [0.2, 0.25) is 0 Å². The van der Waals surface area contributed by atoms with Crippen LogP contribution in [0.3, 0.4) is 0 Å². The van der Waals surface area contributed by atoms with Gasteiger partial charge in [-0.15, -0.1) is 0 Å². The van der Waals surface area contributed by atoms with E-state index in [2.05, 4.69) is 5.32 Å². The molecule has 1 aromatic rings. The van der Waals surface area contributed by atoms with E-state index < -0.39 is 53.7 Å². The number of benzene rings is 1. The largest absolute Gasteiger partial charge is 0.502 e. The molecule has 0 bridgehead atoms. The Hall–Kier alpha value is -2.27. The number of nitrogens with zero attached hydrogens (tertiary/aromatic N) is 1. The van der Waals surface area contributed by atoms with Gasteiger partial charge in [0.1, 0.15) is 12.2 Å². The third kappa shape index (κ3) is 4.36. The number of hydrogen-bond donors (Lipinski definition) is 6. The number of aliphatic hydroxyl groups is 4. The molecular weight excluding hydrogens is 300 g/mol. The number of carbonyl (C=O) groups is 1. The summed E-state index contributed by atoms with van der Waals surface area (Å²) < 4.78 is 0. The average molecular weight is 316 g/mol. The lowest BCUT2D eigenvalue weighted by molar-refractivity contribution is -0.385. The molecule has 122 valence electrons. The number of rotatable bonds is 7. The van der Waals surface area contributed by atoms with E-state index in [4.69, 9.17) is 10.2 Å². The summed E-state index contributed by atoms with van der Waals surface area (Å²) in [6, 6.07) is 2.95. The Balaban J connectivity index is 2.66. The molecule has 10 heteroatoms. The Kier molecular flexibility index (Phi) is 6.19. The number of aliphatic hydroxyl groups excluding tert-OH is 4. The first-order valence-electron chi connectivity index (χ1n) is 6.18. The maximum atomic E-state index is 11.7. The predicted octanol–water partition coefficient (Wildman–Crippen LogP) is -1.89. The molecule has 1 aromatic carbocycles. The molecule has 1 amide bonds. The Morgan fingerprint density at radius 1 is 1.27 bits per heavy atom. The number of nitro benzene ring substituents is 1. The van der Waals surface area contributed by atoms with E-state index in [1.54, 1.807) is 0 Å². The Bertz CT molecular complexity index is 550. The van der Waals surface area contributed by atoms with Gasteiger partial charge in [0.15, 0.2) is 5.75 Å². The maximum Gasteiger partial charge on any atom is 0.310 e. The van der Waals surface area contributed by atoms with E-state index in [1.165, 1.54) is 0 Å². The summed E-state index contributed by atoms with van der Waals surface area (Å²) in [6.45, 7) is -1.20. The third-order valence-electron chi connectivity index (χ3n) is 2.88. The minimum Gasteiger partial charge on any atom is -0.502 e. The highest BCUT2D eigenvalue weighted by molar-refractivity contribution is 5.95. The van der Waals surface area contributed by atoms with Gasteiger partial charge >= 0.3 is 5.69 Å². The molecule has 0 saturated heterocycles. The van der Waals surface area contributed by atoms with Crippen LogP contribution < -0.4 is 5.32 Å². The molecule has 22 heavy (non-hydrogen) atoms. The molecule has 0 aliphatic rings. The molecule has 10 nitrogen and oxygen atoms in total. The Morgan fingerprint density at radius 2 is 1.91 bits per heavy atom. The first-order chi connectivity index (χ1) is 10.3. The maximum absolute atomic E-state index is 11.7. The van der Waals surface area contributed by atoms with Crippen molar-refractivity contribution < 1.29 is 35.3 Å². The van der Waals surface area contributed by atoms with Crippen molar-refractivity contribution in [3.8, 4) is 5.75 Å². The zero-order valence-electron chi connectivity index (χ0n) is 11.3. The van der Waals surface area contributed by atoms with Gasteiger partial charge in [-0.05, 0) is 12.1 Å². The second-order valence-electron chi connectivity index (χ2n) is 4.48. The average Bonchev–Trinajstić information content (AvgIpc) is 2.49. The van der Waals surface area contributed by atoms with Gasteiger partial charge < -0.3 is 30.8 Å². The lowest BCUT2D eigenvalue weighted by atomic mass is 10.1. The first-order valence-corrected chi connectivity index (χ1v) is 6.18. The van der Waals surface area contributed by atoms with Gasteiger partial charge in [-0.3, -0.25) is 14.9 Å². The van der Waals surface area contributed by atoms with E-state index in [9.17, 15) is 30.2 Å². The number of carbonyl (C=O) groups excluding carboxylic acids is 1. The molecule has 1 rings (SSSR count). The number of hydrogen-bond acceptors (Lipinski definition) is 8. The van der Waals surface area contributed by atoms with Crippen LogP contribution in [0.15, 0.2) is 18.2 Å². The molecule has 0 radical (unpaired) electrons. The molecule has 0 heterocycles. The molecular formula is C12H16N2O8. The minimum absolute atomic E-state index is 0.0903. The third-order valence-corrected chi connectivity index (χ3v) is 2.88. The molecule has 1 unspecified atom stereocenters. The Morgan fingerprint density at radius 3 is 2.41 bits per heavy atom. The topological polar surface area (TPSA) is 173 Å². The second-order valence-corrected chi connectivity index (χ2v) is 4.48. The molecule has 3 atom stereocenters. The monoisotopic (exact) mass is 316 g/mol. The van der Waals surface area contributed by atoms with Gasteiger partial charge in [0.25, 0.3) is 5.91 Å². The van der Waals surface area contributed by atoms with Crippen LogP contribution in [0.1, 0.15) is 10.4 Å². The van der Waals surface area contributed by atoms with Gasteiger partial charge in [-0.1, -0.05) is 0 Å². The SMILES string of the molecule is O=C(NC[C@@H](O)[C@H](O)C(O)CO)c1ccc([N+](=O)[O-])c(O)c1. The van der Waals surface area contributed by atoms with Crippen LogP contribution >= 0.6 is 0 Å². The van der Waals surface area contributed by atoms with Crippen LogP contribution in [0.25, 0.3) is 0 Å². The summed E-state index contributed by atoms with van der Waals surface area (Å²) in [6.07, 6.45) is -4.75. The standard InChI is InChI=1S/C12H16N2O8/c15-5-10(18)11(19)9(17)4-13-12(20)6-1-2-7(14(21)22)8(16)3-6/h1-3,9-11,15-19H,4-5H2,(H,13,20)/t9-,10?,11+/m1/s1. The van der Waals surface area contributed by atoms with Gasteiger partial charge in [-0.2, -0.15) is 0 Å². The van der Waals surface area contributed by atoms with Crippen molar-refractivity contribution in [2.45, 2.75) is 18.3 Å². The van der Waals surface area contributed by atoms with Gasteiger partial charge in [0.05, 0.1) is 17.6 Å². The summed E-state index contributed by atoms with van der Waals surface area (Å²) in [4.78, 5) is 21.5. The summed E-state index contributed by atoms with van der Waals surface area (Å²) >= 11 is 0. The van der Waals surface area contributed by atoms with E-state index in [0.717, 1.165) is 18.2 Å². The number of aromatic hydroxyl groups is 1. The van der Waals surface area contributed by atoms with Crippen molar-refractivity contribution in [2.24, 2.45) is 0 Å². The van der Waals surface area contributed by atoms with Crippen molar-refractivity contribution in [3.05, 3.63) is 33.9 Å². The second kappa shape index (κ2) is 7.66. The fraction of sp³-hybridized carbons (Fsp3) is 0.417. The first kappa shape index (κ1) is 17.8. The van der Waals surface area contributed by atoms with Crippen LogP contribution in [-0.2, 0) is 0 Å². The molecule has 0 saturated carbocycles. The minimum atomic E-state index is -1.66. The number of nitrogens with one attached hydrogen (secondary N) is 1. The van der Waals surface area contributed by atoms with Crippen LogP contribution in [0, 0.1) is 10.1 Å². The van der Waals surface area contributed by atoms with Gasteiger partial charge in [0.2, 0.25) is 0 Å². The van der Waals surface area contributed by atoms with Crippen LogP contribution in [0.4, 0.5) is 5.69 Å². The van der Waals surface area contributed by atoms with E-state index >= 15 is 0 Å². The molecule has 6 N–H and O–H groups in total. The predicted molar refractivity (Wildman–Crippen MR) is 72.2 cm³/mol. The number of phenols is 1. The van der Waals surface area contributed by atoms with E-state index in [1.807, 2.05) is 0 Å². The molecule has 0 aromatic heterocycles. The van der Waals surface area contributed by atoms with Gasteiger partial charge in [-0.25, -0.2) is 0 Å². The quantitative estimate of drug-likeness (QED) is 0.250. The summed E-state index contributed by atoms with van der Waals surface area (Å²) in [5, 5.41) is 58.8. The van der Waals surface area contributed by atoms with E-state index in [-0.39, 0.29) is 5.56 Å². The fourth-order valence-corrected chi connectivity index (χ4v) is 1.60. The Labute approximate surface area is 124 Å². The molecule has 0 aliphatic heterocycles. The van der Waals surface area contributed by atoms with Crippen LogP contribution in [0.5, 0.6) is 5.75 Å². The van der Waals surface area contributed by atoms with Crippen molar-refractivity contribution in [3.63, 3.8) is 0 Å². The van der Waals surface area contributed by atoms with Crippen molar-refractivity contribution >= 4 is 11.6 Å². The van der Waals surface area contributed by atoms with Crippen molar-refractivity contribution in [1.29, 1.82) is 0 Å².